The third-order valence-corrected chi connectivity index (χ3v) is 4.13. The summed E-state index contributed by atoms with van der Waals surface area (Å²) in [6.07, 6.45) is 1.26. The zero-order chi connectivity index (χ0) is 16.1. The number of amides is 1. The quantitative estimate of drug-likeness (QED) is 0.891. The fourth-order valence-electron chi connectivity index (χ4n) is 2.49. The Morgan fingerprint density at radius 3 is 2.45 bits per heavy atom. The van der Waals surface area contributed by atoms with Crippen LogP contribution in [0.15, 0.2) is 30.3 Å². The second-order valence-corrected chi connectivity index (χ2v) is 5.58. The van der Waals surface area contributed by atoms with E-state index in [0.29, 0.717) is 13.0 Å². The monoisotopic (exact) mass is 300 g/mol. The van der Waals surface area contributed by atoms with E-state index in [9.17, 15) is 4.79 Å². The van der Waals surface area contributed by atoms with Gasteiger partial charge in [-0.15, -0.1) is 0 Å². The van der Waals surface area contributed by atoms with Crippen molar-refractivity contribution < 1.29 is 9.53 Å². The second kappa shape index (κ2) is 7.16. The van der Waals surface area contributed by atoms with E-state index < -0.39 is 0 Å². The van der Waals surface area contributed by atoms with Gasteiger partial charge in [0.1, 0.15) is 5.75 Å². The second-order valence-electron chi connectivity index (χ2n) is 5.58. The molecule has 0 aliphatic heterocycles. The summed E-state index contributed by atoms with van der Waals surface area (Å²) in [5, 5.41) is 2.98. The standard InChI is InChI=1S/C18H24N2O2/c1-13-11-16(14(2)20(13)3)12-18(21)19-10-9-15-5-7-17(22-4)8-6-15/h5-8,11H,9-10,12H2,1-4H3,(H,19,21). The lowest BCUT2D eigenvalue weighted by Crippen LogP contribution is -2.27. The molecular weight excluding hydrogens is 276 g/mol. The van der Waals surface area contributed by atoms with Gasteiger partial charge in [0, 0.05) is 25.0 Å². The fourth-order valence-corrected chi connectivity index (χ4v) is 2.49. The molecule has 0 aliphatic rings. The molecule has 4 nitrogen and oxygen atoms in total. The molecule has 1 aromatic carbocycles. The van der Waals surface area contributed by atoms with Gasteiger partial charge in [0.05, 0.1) is 13.5 Å². The first-order chi connectivity index (χ1) is 10.5. The van der Waals surface area contributed by atoms with E-state index >= 15 is 0 Å². The summed E-state index contributed by atoms with van der Waals surface area (Å²) in [6, 6.07) is 10.0. The largest absolute Gasteiger partial charge is 0.497 e. The Kier molecular flexibility index (Phi) is 5.26. The maximum absolute atomic E-state index is 12.0. The molecule has 118 valence electrons. The molecule has 1 heterocycles. The van der Waals surface area contributed by atoms with Gasteiger partial charge in [-0.05, 0) is 49.6 Å². The van der Waals surface area contributed by atoms with Crippen molar-refractivity contribution in [3.05, 3.63) is 52.8 Å². The Bertz CT molecular complexity index is 642. The molecule has 1 N–H and O–H groups in total. The molecule has 2 aromatic rings. The van der Waals surface area contributed by atoms with Gasteiger partial charge in [-0.3, -0.25) is 4.79 Å². The molecule has 0 aliphatic carbocycles. The molecule has 0 spiro atoms. The summed E-state index contributed by atoms with van der Waals surface area (Å²) in [5.74, 6) is 0.921. The van der Waals surface area contributed by atoms with E-state index in [1.807, 2.05) is 38.2 Å². The molecule has 2 rings (SSSR count). The van der Waals surface area contributed by atoms with Crippen LogP contribution in [0.5, 0.6) is 5.75 Å². The van der Waals surface area contributed by atoms with Gasteiger partial charge >= 0.3 is 0 Å². The molecule has 4 heteroatoms. The molecule has 0 atom stereocenters. The SMILES string of the molecule is COc1ccc(CCNC(=O)Cc2cc(C)n(C)c2C)cc1. The lowest BCUT2D eigenvalue weighted by Gasteiger charge is -2.07. The third-order valence-electron chi connectivity index (χ3n) is 4.13. The summed E-state index contributed by atoms with van der Waals surface area (Å²) in [6.45, 7) is 4.75. The number of methoxy groups -OCH3 is 1. The van der Waals surface area contributed by atoms with Crippen molar-refractivity contribution in [1.29, 1.82) is 0 Å². The predicted molar refractivity (Wildman–Crippen MR) is 88.3 cm³/mol. The van der Waals surface area contributed by atoms with Gasteiger partial charge in [0.2, 0.25) is 5.91 Å². The first-order valence-corrected chi connectivity index (χ1v) is 7.52. The molecule has 0 unspecified atom stereocenters. The maximum atomic E-state index is 12.0. The lowest BCUT2D eigenvalue weighted by molar-refractivity contribution is -0.120. The van der Waals surface area contributed by atoms with Crippen LogP contribution >= 0.6 is 0 Å². The van der Waals surface area contributed by atoms with Crippen molar-refractivity contribution in [2.45, 2.75) is 26.7 Å². The van der Waals surface area contributed by atoms with Crippen LogP contribution in [-0.2, 0) is 24.7 Å². The summed E-state index contributed by atoms with van der Waals surface area (Å²) in [5.41, 5.74) is 4.62. The number of ether oxygens (including phenoxy) is 1. The van der Waals surface area contributed by atoms with E-state index in [0.717, 1.165) is 23.4 Å². The third kappa shape index (κ3) is 3.91. The van der Waals surface area contributed by atoms with E-state index in [2.05, 4.69) is 22.9 Å². The summed E-state index contributed by atoms with van der Waals surface area (Å²) in [7, 11) is 3.68. The van der Waals surface area contributed by atoms with E-state index in [-0.39, 0.29) is 5.91 Å². The minimum Gasteiger partial charge on any atom is -0.497 e. The van der Waals surface area contributed by atoms with Crippen molar-refractivity contribution in [3.63, 3.8) is 0 Å². The van der Waals surface area contributed by atoms with Crippen LogP contribution in [0, 0.1) is 13.8 Å². The van der Waals surface area contributed by atoms with Crippen molar-refractivity contribution in [2.24, 2.45) is 7.05 Å². The number of benzene rings is 1. The summed E-state index contributed by atoms with van der Waals surface area (Å²) in [4.78, 5) is 12.0. The average Bonchev–Trinajstić information content (AvgIpc) is 2.75. The van der Waals surface area contributed by atoms with Crippen LogP contribution in [0.1, 0.15) is 22.5 Å². The number of hydrogen-bond acceptors (Lipinski definition) is 2. The molecule has 1 amide bonds. The molecule has 0 saturated carbocycles. The molecular formula is C18H24N2O2. The van der Waals surface area contributed by atoms with E-state index in [1.165, 1.54) is 11.3 Å². The van der Waals surface area contributed by atoms with Crippen LogP contribution in [0.2, 0.25) is 0 Å². The Morgan fingerprint density at radius 2 is 1.91 bits per heavy atom. The maximum Gasteiger partial charge on any atom is 0.224 e. The van der Waals surface area contributed by atoms with Crippen LogP contribution in [-0.4, -0.2) is 24.1 Å². The summed E-state index contributed by atoms with van der Waals surface area (Å²) >= 11 is 0. The Hall–Kier alpha value is -2.23. The topological polar surface area (TPSA) is 43.3 Å². The minimum atomic E-state index is 0.0715. The highest BCUT2D eigenvalue weighted by Crippen LogP contribution is 2.14. The zero-order valence-electron chi connectivity index (χ0n) is 13.8. The normalized spacial score (nSPS) is 10.5. The molecule has 0 radical (unpaired) electrons. The van der Waals surface area contributed by atoms with E-state index in [1.54, 1.807) is 7.11 Å². The van der Waals surface area contributed by atoms with Gasteiger partial charge in [0.25, 0.3) is 0 Å². The Balaban J connectivity index is 1.81. The number of aryl methyl sites for hydroxylation is 1. The highest BCUT2D eigenvalue weighted by Gasteiger charge is 2.10. The van der Waals surface area contributed by atoms with Gasteiger partial charge < -0.3 is 14.6 Å². The first kappa shape index (κ1) is 16.1. The van der Waals surface area contributed by atoms with Crippen LogP contribution < -0.4 is 10.1 Å². The van der Waals surface area contributed by atoms with Crippen LogP contribution in [0.4, 0.5) is 0 Å². The predicted octanol–water partition coefficient (Wildman–Crippen LogP) is 2.55. The van der Waals surface area contributed by atoms with Crippen LogP contribution in [0.3, 0.4) is 0 Å². The number of nitrogens with one attached hydrogen (secondary N) is 1. The Labute approximate surface area is 132 Å². The number of rotatable bonds is 6. The van der Waals surface area contributed by atoms with Crippen molar-refractivity contribution in [3.8, 4) is 5.75 Å². The van der Waals surface area contributed by atoms with Crippen LogP contribution in [0.25, 0.3) is 0 Å². The first-order valence-electron chi connectivity index (χ1n) is 7.52. The molecule has 1 aromatic heterocycles. The number of nitrogens with zero attached hydrogens (tertiary/aromatic N) is 1. The van der Waals surface area contributed by atoms with Gasteiger partial charge in [-0.1, -0.05) is 12.1 Å². The molecule has 22 heavy (non-hydrogen) atoms. The highest BCUT2D eigenvalue weighted by molar-refractivity contribution is 5.78. The van der Waals surface area contributed by atoms with Gasteiger partial charge in [-0.25, -0.2) is 0 Å². The highest BCUT2D eigenvalue weighted by atomic mass is 16.5. The minimum absolute atomic E-state index is 0.0715. The molecule has 0 bridgehead atoms. The van der Waals surface area contributed by atoms with E-state index in [4.69, 9.17) is 4.74 Å². The van der Waals surface area contributed by atoms with Gasteiger partial charge in [-0.2, -0.15) is 0 Å². The number of carbonyl (C=O) groups is 1. The lowest BCUT2D eigenvalue weighted by atomic mass is 10.1. The van der Waals surface area contributed by atoms with Crippen molar-refractivity contribution in [2.75, 3.05) is 13.7 Å². The number of aromatic nitrogens is 1. The number of carbonyl (C=O) groups excluding carboxylic acids is 1. The average molecular weight is 300 g/mol. The Morgan fingerprint density at radius 1 is 1.23 bits per heavy atom. The zero-order valence-corrected chi connectivity index (χ0v) is 13.8. The fraction of sp³-hybridized carbons (Fsp3) is 0.389. The summed E-state index contributed by atoms with van der Waals surface area (Å²) < 4.78 is 7.24. The van der Waals surface area contributed by atoms with Crippen molar-refractivity contribution >= 4 is 5.91 Å². The molecule has 0 saturated heterocycles. The molecule has 0 fully saturated rings. The number of hydrogen-bond donors (Lipinski definition) is 1. The van der Waals surface area contributed by atoms with Crippen molar-refractivity contribution in [1.82, 2.24) is 9.88 Å². The smallest absolute Gasteiger partial charge is 0.224 e. The van der Waals surface area contributed by atoms with Gasteiger partial charge in [0.15, 0.2) is 0 Å².